The summed E-state index contributed by atoms with van der Waals surface area (Å²) >= 11 is 0. The van der Waals surface area contributed by atoms with E-state index in [0.717, 1.165) is 6.92 Å². The lowest BCUT2D eigenvalue weighted by molar-refractivity contribution is -0.230. The normalized spacial score (nSPS) is 29.7. The van der Waals surface area contributed by atoms with Crippen molar-refractivity contribution < 1.29 is 39.2 Å². The molecule has 3 heterocycles. The lowest BCUT2D eigenvalue weighted by atomic mass is 9.85. The first-order chi connectivity index (χ1) is 13.5. The molecule has 0 spiro atoms. The number of fused-ring (bicyclic) bond motifs is 5. The second-order valence-electron chi connectivity index (χ2n) is 7.26. The Morgan fingerprint density at radius 3 is 2.62 bits per heavy atom. The fraction of sp³-hybridized carbons (Fsp3) is 0.421. The first kappa shape index (κ1) is 20.9. The summed E-state index contributed by atoms with van der Waals surface area (Å²) in [5.74, 6) is -2.91. The maximum Gasteiger partial charge on any atom is 0.338 e. The molecule has 4 atom stereocenters. The molecule has 10 heteroatoms. The molecular formula is C19H22N2O8. The van der Waals surface area contributed by atoms with Gasteiger partial charge in [-0.2, -0.15) is 0 Å². The number of ether oxygens (including phenoxy) is 2. The molecule has 2 bridgehead atoms. The largest absolute Gasteiger partial charge is 0.459 e. The van der Waals surface area contributed by atoms with Gasteiger partial charge in [0, 0.05) is 0 Å². The third-order valence-electron chi connectivity index (χ3n) is 4.98. The van der Waals surface area contributed by atoms with Gasteiger partial charge in [0.1, 0.15) is 18.3 Å². The summed E-state index contributed by atoms with van der Waals surface area (Å²) in [5, 5.41) is 36.1. The number of benzene rings is 1. The van der Waals surface area contributed by atoms with E-state index >= 15 is 0 Å². The Balaban J connectivity index is 1.80. The van der Waals surface area contributed by atoms with Gasteiger partial charge in [0.05, 0.1) is 12.2 Å². The predicted octanol–water partition coefficient (Wildman–Crippen LogP) is -1.44. The molecule has 2 unspecified atom stereocenters. The van der Waals surface area contributed by atoms with E-state index in [1.54, 1.807) is 18.2 Å². The van der Waals surface area contributed by atoms with Gasteiger partial charge in [-0.15, -0.1) is 0 Å². The number of nitrogens with one attached hydrogen (secondary N) is 2. The van der Waals surface area contributed by atoms with Crippen LogP contribution in [0.1, 0.15) is 23.7 Å². The van der Waals surface area contributed by atoms with Gasteiger partial charge in [-0.25, -0.2) is 4.79 Å². The minimum Gasteiger partial charge on any atom is -0.459 e. The van der Waals surface area contributed by atoms with Gasteiger partial charge in [0.15, 0.2) is 0 Å². The molecular weight excluding hydrogens is 384 g/mol. The molecule has 5 N–H and O–H groups in total. The van der Waals surface area contributed by atoms with Crippen LogP contribution in [0.25, 0.3) is 0 Å². The molecule has 3 saturated heterocycles. The second kappa shape index (κ2) is 7.23. The monoisotopic (exact) mass is 406 g/mol. The van der Waals surface area contributed by atoms with Gasteiger partial charge in [-0.1, -0.05) is 24.8 Å². The highest BCUT2D eigenvalue weighted by Gasteiger charge is 2.63. The zero-order valence-electron chi connectivity index (χ0n) is 15.7. The molecule has 0 saturated carbocycles. The van der Waals surface area contributed by atoms with Crippen LogP contribution in [0, 0.1) is 0 Å². The molecule has 3 fully saturated rings. The molecule has 0 aliphatic carbocycles. The van der Waals surface area contributed by atoms with Crippen molar-refractivity contribution in [2.75, 3.05) is 13.2 Å². The highest BCUT2D eigenvalue weighted by Crippen LogP contribution is 2.33. The van der Waals surface area contributed by atoms with E-state index in [1.165, 1.54) is 12.1 Å². The van der Waals surface area contributed by atoms with Crippen LogP contribution in [0.5, 0.6) is 0 Å². The molecule has 3 aliphatic heterocycles. The van der Waals surface area contributed by atoms with Gasteiger partial charge in [-0.05, 0) is 31.1 Å². The third-order valence-corrected chi connectivity index (χ3v) is 4.98. The minimum absolute atomic E-state index is 0.00897. The second-order valence-corrected chi connectivity index (χ2v) is 7.26. The number of hydrogen-bond acceptors (Lipinski definition) is 8. The zero-order valence-corrected chi connectivity index (χ0v) is 15.7. The first-order valence-electron chi connectivity index (χ1n) is 8.85. The van der Waals surface area contributed by atoms with Crippen LogP contribution in [0.15, 0.2) is 42.5 Å². The Bertz CT molecular complexity index is 855. The van der Waals surface area contributed by atoms with Crippen molar-refractivity contribution in [3.05, 3.63) is 48.0 Å². The molecule has 1 aromatic rings. The Labute approximate surface area is 166 Å². The third kappa shape index (κ3) is 3.51. The molecule has 4 rings (SSSR count). The van der Waals surface area contributed by atoms with Crippen LogP contribution in [-0.2, 0) is 19.1 Å². The molecule has 156 valence electrons. The standard InChI is InChI=1S/C19H22N2O8/c1-11-8-9-29-19(16(25)20-18(11,27)15(24)21-19)14(23)17(2,26)10-28-13(22)12-6-4-3-5-7-12/h3-7,14,23,26-27H,1,8-10H2,2H3,(H,20,25)(H,21,24)/t14-,17-,18?,19?/m0/s1. The molecule has 1 aromatic carbocycles. The number of carbonyl (C=O) groups excluding carboxylic acids is 3. The van der Waals surface area contributed by atoms with Crippen molar-refractivity contribution in [3.63, 3.8) is 0 Å². The minimum atomic E-state index is -2.40. The predicted molar refractivity (Wildman–Crippen MR) is 97.0 cm³/mol. The van der Waals surface area contributed by atoms with Crippen molar-refractivity contribution >= 4 is 17.8 Å². The highest BCUT2D eigenvalue weighted by molar-refractivity contribution is 6.03. The SMILES string of the molecule is C=C1CCOC2([C@@H](O)[C@@](C)(O)COC(=O)c3ccccc3)NC(=O)C1(O)NC2=O. The molecule has 2 amide bonds. The zero-order chi connectivity index (χ0) is 21.4. The van der Waals surface area contributed by atoms with Gasteiger partial charge in [0.2, 0.25) is 5.72 Å². The number of aliphatic hydroxyl groups is 3. The summed E-state index contributed by atoms with van der Waals surface area (Å²) in [5.41, 5.74) is -6.71. The van der Waals surface area contributed by atoms with Gasteiger partial charge in [0.25, 0.3) is 17.5 Å². The number of carbonyl (C=O) groups is 3. The Hall–Kier alpha value is -2.79. The van der Waals surface area contributed by atoms with Crippen molar-refractivity contribution in [1.82, 2.24) is 10.6 Å². The van der Waals surface area contributed by atoms with Crippen LogP contribution in [0.3, 0.4) is 0 Å². The van der Waals surface area contributed by atoms with Crippen LogP contribution in [0.2, 0.25) is 0 Å². The summed E-state index contributed by atoms with van der Waals surface area (Å²) < 4.78 is 10.5. The Kier molecular flexibility index (Phi) is 5.22. The number of hydrogen-bond donors (Lipinski definition) is 5. The number of esters is 1. The van der Waals surface area contributed by atoms with E-state index in [4.69, 9.17) is 9.47 Å². The Morgan fingerprint density at radius 2 is 1.97 bits per heavy atom. The van der Waals surface area contributed by atoms with Crippen molar-refractivity contribution in [3.8, 4) is 0 Å². The summed E-state index contributed by atoms with van der Waals surface area (Å²) in [6.07, 6.45) is -2.03. The Morgan fingerprint density at radius 1 is 1.31 bits per heavy atom. The number of piperazine rings is 1. The fourth-order valence-corrected chi connectivity index (χ4v) is 3.15. The van der Waals surface area contributed by atoms with Gasteiger partial charge in [-0.3, -0.25) is 9.59 Å². The maximum absolute atomic E-state index is 12.7. The summed E-state index contributed by atoms with van der Waals surface area (Å²) in [6, 6.07) is 7.98. The quantitative estimate of drug-likeness (QED) is 0.294. The number of rotatable bonds is 5. The maximum atomic E-state index is 12.7. The molecule has 29 heavy (non-hydrogen) atoms. The molecule has 10 nitrogen and oxygen atoms in total. The topological polar surface area (TPSA) is 154 Å². The highest BCUT2D eigenvalue weighted by atomic mass is 16.6. The van der Waals surface area contributed by atoms with E-state index in [0.29, 0.717) is 0 Å². The number of amides is 2. The average molecular weight is 406 g/mol. The van der Waals surface area contributed by atoms with E-state index in [2.05, 4.69) is 17.2 Å². The van der Waals surface area contributed by atoms with Crippen LogP contribution >= 0.6 is 0 Å². The average Bonchev–Trinajstić information content (AvgIpc) is 2.69. The van der Waals surface area contributed by atoms with Crippen molar-refractivity contribution in [2.24, 2.45) is 0 Å². The summed E-state index contributed by atoms with van der Waals surface area (Å²) in [4.78, 5) is 37.2. The van der Waals surface area contributed by atoms with Crippen LogP contribution in [0.4, 0.5) is 0 Å². The van der Waals surface area contributed by atoms with Crippen LogP contribution in [-0.4, -0.2) is 69.5 Å². The lowest BCUT2D eigenvalue weighted by Gasteiger charge is -2.49. The first-order valence-corrected chi connectivity index (χ1v) is 8.85. The van der Waals surface area contributed by atoms with E-state index in [-0.39, 0.29) is 24.2 Å². The molecule has 0 radical (unpaired) electrons. The van der Waals surface area contributed by atoms with Crippen LogP contribution < -0.4 is 10.6 Å². The fourth-order valence-electron chi connectivity index (χ4n) is 3.15. The lowest BCUT2D eigenvalue weighted by Crippen LogP contribution is -2.82. The van der Waals surface area contributed by atoms with Crippen molar-refractivity contribution in [1.29, 1.82) is 0 Å². The van der Waals surface area contributed by atoms with E-state index in [1.807, 2.05) is 0 Å². The van der Waals surface area contributed by atoms with E-state index < -0.39 is 47.5 Å². The van der Waals surface area contributed by atoms with Crippen molar-refractivity contribution in [2.45, 2.75) is 36.5 Å². The molecule has 3 aliphatic rings. The van der Waals surface area contributed by atoms with Gasteiger partial charge < -0.3 is 35.4 Å². The van der Waals surface area contributed by atoms with Gasteiger partial charge >= 0.3 is 5.97 Å². The van der Waals surface area contributed by atoms with E-state index in [9.17, 15) is 29.7 Å². The molecule has 0 aromatic heterocycles. The summed E-state index contributed by atoms with van der Waals surface area (Å²) in [7, 11) is 0. The smallest absolute Gasteiger partial charge is 0.338 e. The summed E-state index contributed by atoms with van der Waals surface area (Å²) in [6.45, 7) is 3.81. The number of aliphatic hydroxyl groups excluding tert-OH is 1.